The maximum atomic E-state index is 4.56. The summed E-state index contributed by atoms with van der Waals surface area (Å²) in [6, 6.07) is 6.27. The van der Waals surface area contributed by atoms with Gasteiger partial charge in [-0.3, -0.25) is 4.68 Å². The van der Waals surface area contributed by atoms with Gasteiger partial charge in [-0.15, -0.1) is 0 Å². The van der Waals surface area contributed by atoms with E-state index >= 15 is 0 Å². The summed E-state index contributed by atoms with van der Waals surface area (Å²) in [7, 11) is 1.88. The second-order valence-corrected chi connectivity index (χ2v) is 5.36. The molecular weight excluding hydrogens is 276 g/mol. The Balaban J connectivity index is 2.06. The van der Waals surface area contributed by atoms with Crippen molar-refractivity contribution >= 4 is 28.5 Å². The highest BCUT2D eigenvalue weighted by atomic mass is 15.3. The highest BCUT2D eigenvalue weighted by Crippen LogP contribution is 2.25. The average molecular weight is 296 g/mol. The largest absolute Gasteiger partial charge is 0.354 e. The van der Waals surface area contributed by atoms with Gasteiger partial charge < -0.3 is 10.6 Å². The number of nitrogens with zero attached hydrogens (tertiary/aromatic N) is 4. The fourth-order valence-electron chi connectivity index (χ4n) is 2.31. The molecule has 0 bridgehead atoms. The van der Waals surface area contributed by atoms with Crippen LogP contribution in [0.15, 0.2) is 24.4 Å². The van der Waals surface area contributed by atoms with Crippen LogP contribution in [0.25, 0.3) is 11.0 Å². The van der Waals surface area contributed by atoms with Gasteiger partial charge in [0.25, 0.3) is 0 Å². The molecule has 1 aromatic carbocycles. The van der Waals surface area contributed by atoms with Crippen LogP contribution in [0.5, 0.6) is 0 Å². The van der Waals surface area contributed by atoms with Gasteiger partial charge >= 0.3 is 0 Å². The minimum Gasteiger partial charge on any atom is -0.354 e. The van der Waals surface area contributed by atoms with Gasteiger partial charge in [0.15, 0.2) is 5.65 Å². The normalized spacial score (nSPS) is 10.9. The smallest absolute Gasteiger partial charge is 0.226 e. The number of fused-ring (bicyclic) bond motifs is 1. The van der Waals surface area contributed by atoms with Crippen molar-refractivity contribution in [3.8, 4) is 0 Å². The molecule has 0 aliphatic heterocycles. The Morgan fingerprint density at radius 3 is 2.68 bits per heavy atom. The van der Waals surface area contributed by atoms with E-state index in [4.69, 9.17) is 0 Å². The molecule has 0 unspecified atom stereocenters. The van der Waals surface area contributed by atoms with Gasteiger partial charge in [0.05, 0.1) is 11.6 Å². The van der Waals surface area contributed by atoms with E-state index in [2.05, 4.69) is 57.7 Å². The standard InChI is InChI=1S/C16H20N6/c1-5-17-16-20-14(13-9-18-22(4)15(13)21-16)19-12-7-6-10(2)11(3)8-12/h6-9H,5H2,1-4H3,(H2,17,19,20,21). The zero-order chi connectivity index (χ0) is 15.7. The quantitative estimate of drug-likeness (QED) is 0.774. The fraction of sp³-hybridized carbons (Fsp3) is 0.312. The fourth-order valence-corrected chi connectivity index (χ4v) is 2.31. The minimum atomic E-state index is 0.602. The molecule has 2 heterocycles. The van der Waals surface area contributed by atoms with E-state index in [1.54, 1.807) is 10.9 Å². The molecule has 6 heteroatoms. The van der Waals surface area contributed by atoms with Crippen molar-refractivity contribution in [2.24, 2.45) is 7.05 Å². The molecule has 0 radical (unpaired) electrons. The molecule has 2 aromatic heterocycles. The van der Waals surface area contributed by atoms with Crippen LogP contribution in [-0.2, 0) is 7.05 Å². The third kappa shape index (κ3) is 2.59. The zero-order valence-electron chi connectivity index (χ0n) is 13.3. The number of aryl methyl sites for hydroxylation is 3. The Hall–Kier alpha value is -2.63. The first-order valence-electron chi connectivity index (χ1n) is 7.36. The first kappa shape index (κ1) is 14.3. The lowest BCUT2D eigenvalue weighted by Gasteiger charge is -2.11. The van der Waals surface area contributed by atoms with Crippen LogP contribution < -0.4 is 10.6 Å². The summed E-state index contributed by atoms with van der Waals surface area (Å²) in [5.41, 5.74) is 4.33. The molecule has 0 saturated heterocycles. The highest BCUT2D eigenvalue weighted by Gasteiger charge is 2.11. The molecule has 0 atom stereocenters. The number of benzene rings is 1. The summed E-state index contributed by atoms with van der Waals surface area (Å²) in [4.78, 5) is 9.06. The van der Waals surface area contributed by atoms with Gasteiger partial charge in [-0.2, -0.15) is 15.1 Å². The van der Waals surface area contributed by atoms with Gasteiger partial charge in [0.1, 0.15) is 5.82 Å². The molecule has 0 spiro atoms. The summed E-state index contributed by atoms with van der Waals surface area (Å²) in [5, 5.41) is 11.7. The summed E-state index contributed by atoms with van der Waals surface area (Å²) in [5.74, 6) is 1.36. The Bertz CT molecular complexity index is 821. The second-order valence-electron chi connectivity index (χ2n) is 5.36. The molecule has 0 aliphatic rings. The third-order valence-electron chi connectivity index (χ3n) is 3.70. The topological polar surface area (TPSA) is 67.7 Å². The van der Waals surface area contributed by atoms with Gasteiger partial charge in [-0.05, 0) is 44.0 Å². The molecule has 0 aliphatic carbocycles. The van der Waals surface area contributed by atoms with Crippen molar-refractivity contribution in [3.05, 3.63) is 35.5 Å². The van der Waals surface area contributed by atoms with Gasteiger partial charge in [0.2, 0.25) is 5.95 Å². The first-order chi connectivity index (χ1) is 10.6. The summed E-state index contributed by atoms with van der Waals surface area (Å²) >= 11 is 0. The molecule has 2 N–H and O–H groups in total. The number of nitrogens with one attached hydrogen (secondary N) is 2. The van der Waals surface area contributed by atoms with E-state index in [0.717, 1.165) is 29.1 Å². The monoisotopic (exact) mass is 296 g/mol. The van der Waals surface area contributed by atoms with E-state index in [1.165, 1.54) is 11.1 Å². The molecule has 114 valence electrons. The van der Waals surface area contributed by atoms with Crippen molar-refractivity contribution in [1.29, 1.82) is 0 Å². The maximum absolute atomic E-state index is 4.56. The van der Waals surface area contributed by atoms with E-state index in [-0.39, 0.29) is 0 Å². The third-order valence-corrected chi connectivity index (χ3v) is 3.70. The predicted molar refractivity (Wildman–Crippen MR) is 89.7 cm³/mol. The summed E-state index contributed by atoms with van der Waals surface area (Å²) < 4.78 is 1.75. The Kier molecular flexibility index (Phi) is 3.66. The van der Waals surface area contributed by atoms with Gasteiger partial charge in [-0.1, -0.05) is 6.07 Å². The minimum absolute atomic E-state index is 0.602. The van der Waals surface area contributed by atoms with Gasteiger partial charge in [-0.25, -0.2) is 0 Å². The number of aromatic nitrogens is 4. The Labute approximate surface area is 129 Å². The SMILES string of the molecule is CCNc1nc(Nc2ccc(C)c(C)c2)c2cnn(C)c2n1. The van der Waals surface area contributed by atoms with Crippen LogP contribution in [0.2, 0.25) is 0 Å². The van der Waals surface area contributed by atoms with Crippen molar-refractivity contribution in [1.82, 2.24) is 19.7 Å². The lowest BCUT2D eigenvalue weighted by atomic mass is 10.1. The number of hydrogen-bond acceptors (Lipinski definition) is 5. The predicted octanol–water partition coefficient (Wildman–Crippen LogP) is 3.16. The first-order valence-corrected chi connectivity index (χ1v) is 7.36. The second kappa shape index (κ2) is 5.63. The van der Waals surface area contributed by atoms with Crippen LogP contribution >= 0.6 is 0 Å². The van der Waals surface area contributed by atoms with Crippen molar-refractivity contribution in [2.75, 3.05) is 17.2 Å². The molecule has 3 rings (SSSR count). The molecule has 22 heavy (non-hydrogen) atoms. The van der Waals surface area contributed by atoms with Crippen molar-refractivity contribution in [3.63, 3.8) is 0 Å². The highest BCUT2D eigenvalue weighted by molar-refractivity contribution is 5.89. The van der Waals surface area contributed by atoms with Crippen LogP contribution in [0.4, 0.5) is 17.5 Å². The molecule has 0 saturated carbocycles. The Morgan fingerprint density at radius 2 is 1.95 bits per heavy atom. The summed E-state index contributed by atoms with van der Waals surface area (Å²) in [6.45, 7) is 7.00. The molecular formula is C16H20N6. The lowest BCUT2D eigenvalue weighted by molar-refractivity contribution is 0.785. The van der Waals surface area contributed by atoms with Crippen LogP contribution in [0, 0.1) is 13.8 Å². The van der Waals surface area contributed by atoms with Crippen LogP contribution in [-0.4, -0.2) is 26.3 Å². The molecule has 0 amide bonds. The number of hydrogen-bond donors (Lipinski definition) is 2. The van der Waals surface area contributed by atoms with E-state index < -0.39 is 0 Å². The number of anilines is 3. The Morgan fingerprint density at radius 1 is 1.14 bits per heavy atom. The average Bonchev–Trinajstić information content (AvgIpc) is 2.85. The summed E-state index contributed by atoms with van der Waals surface area (Å²) in [6.07, 6.45) is 1.79. The van der Waals surface area contributed by atoms with E-state index in [1.807, 2.05) is 14.0 Å². The van der Waals surface area contributed by atoms with Crippen molar-refractivity contribution < 1.29 is 0 Å². The number of rotatable bonds is 4. The lowest BCUT2D eigenvalue weighted by Crippen LogP contribution is -2.06. The van der Waals surface area contributed by atoms with Crippen molar-refractivity contribution in [2.45, 2.75) is 20.8 Å². The van der Waals surface area contributed by atoms with E-state index in [0.29, 0.717) is 5.95 Å². The van der Waals surface area contributed by atoms with Crippen LogP contribution in [0.3, 0.4) is 0 Å². The zero-order valence-corrected chi connectivity index (χ0v) is 13.3. The molecule has 6 nitrogen and oxygen atoms in total. The molecule has 3 aromatic rings. The van der Waals surface area contributed by atoms with E-state index in [9.17, 15) is 0 Å². The van der Waals surface area contributed by atoms with Crippen LogP contribution in [0.1, 0.15) is 18.1 Å². The van der Waals surface area contributed by atoms with Gasteiger partial charge in [0, 0.05) is 19.3 Å². The molecule has 0 fully saturated rings. The maximum Gasteiger partial charge on any atom is 0.226 e.